The minimum Gasteiger partial charge on any atom is -0.375 e. The molecule has 0 saturated heterocycles. The molecule has 6 heterocycles. The molecule has 0 N–H and O–H groups in total. The third kappa shape index (κ3) is 2.67. The van der Waals surface area contributed by atoms with Crippen LogP contribution in [0.4, 0.5) is 22.7 Å². The lowest BCUT2D eigenvalue weighted by Gasteiger charge is -2.47. The monoisotopic (exact) mass is 634 g/mol. The fourth-order valence-electron chi connectivity index (χ4n) is 10.7. The molecule has 4 nitrogen and oxygen atoms in total. The van der Waals surface area contributed by atoms with Crippen molar-refractivity contribution >= 4 is 102 Å². The van der Waals surface area contributed by atoms with Crippen molar-refractivity contribution in [3.63, 3.8) is 0 Å². The van der Waals surface area contributed by atoms with E-state index in [2.05, 4.69) is 166 Å². The highest BCUT2D eigenvalue weighted by molar-refractivity contribution is 6.93. The maximum atomic E-state index is 2.67. The topological polar surface area (TPSA) is 16.3 Å². The van der Waals surface area contributed by atoms with Gasteiger partial charge in [0.2, 0.25) is 0 Å². The Labute approximate surface area is 289 Å². The van der Waals surface area contributed by atoms with Gasteiger partial charge in [-0.05, 0) is 57.2 Å². The zero-order valence-electron chi connectivity index (χ0n) is 27.6. The first-order valence-electron chi connectivity index (χ1n) is 17.7. The summed E-state index contributed by atoms with van der Waals surface area (Å²) in [7, 11) is 4.58. The molecule has 9 aromatic rings. The Hall–Kier alpha value is -6.13. The van der Waals surface area contributed by atoms with Gasteiger partial charge in [-0.25, -0.2) is 0 Å². The summed E-state index contributed by atoms with van der Waals surface area (Å²) in [6, 6.07) is 50.3. The number of benzene rings is 7. The van der Waals surface area contributed by atoms with Crippen LogP contribution in [0.5, 0.6) is 0 Å². The lowest BCUT2D eigenvalue weighted by molar-refractivity contribution is 1.15. The van der Waals surface area contributed by atoms with E-state index in [1.807, 2.05) is 0 Å². The van der Waals surface area contributed by atoms with E-state index in [-0.39, 0.29) is 13.7 Å². The first-order valence-corrected chi connectivity index (χ1v) is 17.7. The lowest BCUT2D eigenvalue weighted by Crippen LogP contribution is -2.62. The molecule has 0 unspecified atom stereocenters. The number of anilines is 4. The predicted molar refractivity (Wildman–Crippen MR) is 213 cm³/mol. The summed E-state index contributed by atoms with van der Waals surface area (Å²) >= 11 is 0. The second-order valence-electron chi connectivity index (χ2n) is 14.5. The summed E-state index contributed by atoms with van der Waals surface area (Å²) in [6.45, 7) is 0.0597. The number of nitrogens with zero attached hydrogens (tertiary/aromatic N) is 4. The molecule has 6 heteroatoms. The average molecular weight is 634 g/mol. The van der Waals surface area contributed by atoms with Gasteiger partial charge in [0, 0.05) is 80.2 Å². The Morgan fingerprint density at radius 2 is 0.800 bits per heavy atom. The van der Waals surface area contributed by atoms with Crippen molar-refractivity contribution in [3.8, 4) is 22.3 Å². The van der Waals surface area contributed by atoms with Gasteiger partial charge in [0.25, 0.3) is 0 Å². The molecule has 0 amide bonds. The van der Waals surface area contributed by atoms with Crippen LogP contribution in [0.2, 0.25) is 0 Å². The number of rotatable bonds is 0. The van der Waals surface area contributed by atoms with E-state index in [1.54, 1.807) is 0 Å². The quantitative estimate of drug-likeness (QED) is 0.163. The SMILES string of the molecule is CN1c2ccccc2B2c3c(c4c5c(c31)N(C)c1ccccc1B5n1c3ccccc3c3cccc-4c31)-c1cccc3c4ccccc4n2c13. The minimum absolute atomic E-state index is 0.0299. The Morgan fingerprint density at radius 1 is 0.400 bits per heavy atom. The molecule has 13 rings (SSSR count). The Bertz CT molecular complexity index is 2850. The van der Waals surface area contributed by atoms with Crippen LogP contribution in [-0.2, 0) is 0 Å². The molecule has 0 spiro atoms. The van der Waals surface area contributed by atoms with Crippen LogP contribution in [0, 0.1) is 0 Å². The van der Waals surface area contributed by atoms with E-state index in [0.29, 0.717) is 0 Å². The second-order valence-corrected chi connectivity index (χ2v) is 14.5. The van der Waals surface area contributed by atoms with Crippen LogP contribution in [-0.4, -0.2) is 36.7 Å². The molecule has 7 aromatic carbocycles. The van der Waals surface area contributed by atoms with Gasteiger partial charge in [-0.1, -0.05) is 109 Å². The van der Waals surface area contributed by atoms with Crippen molar-refractivity contribution in [2.45, 2.75) is 0 Å². The molecular weight excluding hydrogens is 606 g/mol. The number of hydrogen-bond acceptors (Lipinski definition) is 2. The highest BCUT2D eigenvalue weighted by Gasteiger charge is 2.50. The fourth-order valence-corrected chi connectivity index (χ4v) is 10.7. The zero-order chi connectivity index (χ0) is 32.6. The van der Waals surface area contributed by atoms with Gasteiger partial charge in [0.05, 0.1) is 11.4 Å². The predicted octanol–water partition coefficient (Wildman–Crippen LogP) is 7.33. The highest BCUT2D eigenvalue weighted by Crippen LogP contribution is 2.52. The summed E-state index contributed by atoms with van der Waals surface area (Å²) in [5.74, 6) is 0. The van der Waals surface area contributed by atoms with Gasteiger partial charge in [0.15, 0.2) is 0 Å². The third-order valence-corrected chi connectivity index (χ3v) is 12.4. The van der Waals surface area contributed by atoms with Gasteiger partial charge in [-0.2, -0.15) is 0 Å². The van der Waals surface area contributed by atoms with Crippen LogP contribution in [0.25, 0.3) is 65.9 Å². The number of para-hydroxylation sites is 6. The molecule has 4 aliphatic heterocycles. The summed E-state index contributed by atoms with van der Waals surface area (Å²) in [4.78, 5) is 5.00. The summed E-state index contributed by atoms with van der Waals surface area (Å²) in [5.41, 5.74) is 21.4. The molecule has 0 radical (unpaired) electrons. The molecule has 0 atom stereocenters. The van der Waals surface area contributed by atoms with E-state index in [1.165, 1.54) is 110 Å². The minimum atomic E-state index is 0.0299. The first kappa shape index (κ1) is 25.8. The van der Waals surface area contributed by atoms with E-state index >= 15 is 0 Å². The Balaban J connectivity index is 1.34. The molecule has 0 saturated carbocycles. The molecule has 4 aliphatic rings. The summed E-state index contributed by atoms with van der Waals surface area (Å²) in [5, 5.41) is 5.29. The standard InChI is InChI=1S/C44H28B2N4/c1-47-35-23-9-5-19-31(35)45-39-37(29-17-11-15-27-25-13-3-7-21-33(25)49(45)41(27)29)38-30-18-12-16-28-26-14-4-8-22-34(26)50(42(28)30)46-32-20-6-10-24-36(32)48(2)44(40(38)46)43(39)47/h3-24H,1-2H3. The maximum Gasteiger partial charge on any atom is 0.333 e. The van der Waals surface area contributed by atoms with E-state index in [4.69, 9.17) is 0 Å². The number of fused-ring (bicyclic) bond motifs is 16. The Morgan fingerprint density at radius 3 is 1.28 bits per heavy atom. The van der Waals surface area contributed by atoms with Crippen LogP contribution in [0.1, 0.15) is 0 Å². The largest absolute Gasteiger partial charge is 0.375 e. The van der Waals surface area contributed by atoms with Crippen LogP contribution in [0.3, 0.4) is 0 Å². The smallest absolute Gasteiger partial charge is 0.333 e. The van der Waals surface area contributed by atoms with E-state index in [9.17, 15) is 0 Å². The van der Waals surface area contributed by atoms with Crippen molar-refractivity contribution in [1.82, 2.24) is 8.96 Å². The van der Waals surface area contributed by atoms with Gasteiger partial charge in [-0.15, -0.1) is 0 Å². The normalized spacial score (nSPS) is 14.4. The van der Waals surface area contributed by atoms with Crippen LogP contribution in [0.15, 0.2) is 133 Å². The first-order chi connectivity index (χ1) is 24.7. The van der Waals surface area contributed by atoms with Crippen LogP contribution >= 0.6 is 0 Å². The molecule has 50 heavy (non-hydrogen) atoms. The van der Waals surface area contributed by atoms with Gasteiger partial charge in [0.1, 0.15) is 0 Å². The van der Waals surface area contributed by atoms with Crippen molar-refractivity contribution in [1.29, 1.82) is 0 Å². The maximum absolute atomic E-state index is 2.67. The molecule has 2 aromatic heterocycles. The van der Waals surface area contributed by atoms with Gasteiger partial charge in [-0.3, -0.25) is 0 Å². The number of aromatic nitrogens is 2. The molecular formula is C44H28B2N4. The fraction of sp³-hybridized carbons (Fsp3) is 0.0455. The van der Waals surface area contributed by atoms with E-state index in [0.717, 1.165) is 0 Å². The van der Waals surface area contributed by atoms with E-state index < -0.39 is 0 Å². The molecule has 0 bridgehead atoms. The van der Waals surface area contributed by atoms with Crippen molar-refractivity contribution in [2.75, 3.05) is 23.9 Å². The molecule has 0 fully saturated rings. The third-order valence-electron chi connectivity index (χ3n) is 12.4. The lowest BCUT2D eigenvalue weighted by atomic mass is 9.40. The van der Waals surface area contributed by atoms with Crippen molar-refractivity contribution in [2.24, 2.45) is 0 Å². The Kier molecular flexibility index (Phi) is 4.41. The zero-order valence-corrected chi connectivity index (χ0v) is 27.6. The summed E-state index contributed by atoms with van der Waals surface area (Å²) < 4.78 is 5.34. The number of hydrogen-bond donors (Lipinski definition) is 0. The van der Waals surface area contributed by atoms with Gasteiger partial charge < -0.3 is 18.8 Å². The molecule has 230 valence electrons. The van der Waals surface area contributed by atoms with Gasteiger partial charge >= 0.3 is 13.7 Å². The van der Waals surface area contributed by atoms with Crippen molar-refractivity contribution < 1.29 is 0 Å². The van der Waals surface area contributed by atoms with Crippen molar-refractivity contribution in [3.05, 3.63) is 133 Å². The average Bonchev–Trinajstić information content (AvgIpc) is 3.69. The second kappa shape index (κ2) is 8.53. The highest BCUT2D eigenvalue weighted by atomic mass is 15.2. The molecule has 0 aliphatic carbocycles. The summed E-state index contributed by atoms with van der Waals surface area (Å²) in [6.07, 6.45) is 0. The van der Waals surface area contributed by atoms with Crippen LogP contribution < -0.4 is 31.7 Å².